The fourth-order valence-corrected chi connectivity index (χ4v) is 3.34. The summed E-state index contributed by atoms with van der Waals surface area (Å²) in [5, 5.41) is 0.0348. The van der Waals surface area contributed by atoms with E-state index >= 15 is 0 Å². The fraction of sp³-hybridized carbons (Fsp3) is 0.286. The predicted octanol–water partition coefficient (Wildman–Crippen LogP) is 3.48. The molecule has 1 aliphatic rings. The maximum Gasteiger partial charge on any atom is 0.244 e. The smallest absolute Gasteiger partial charge is 0.244 e. The summed E-state index contributed by atoms with van der Waals surface area (Å²) in [5.74, 6) is 0.934. The minimum absolute atomic E-state index is 0.0348. The summed E-state index contributed by atoms with van der Waals surface area (Å²) in [4.78, 5) is 18.2. The molecule has 0 amide bonds. The monoisotopic (exact) mass is 292 g/mol. The van der Waals surface area contributed by atoms with Crippen molar-refractivity contribution < 1.29 is 4.79 Å². The van der Waals surface area contributed by atoms with E-state index in [1.807, 2.05) is 49.3 Å². The molecule has 0 bridgehead atoms. The number of aliphatic imine (C=N–C) groups is 1. The van der Waals surface area contributed by atoms with Crippen molar-refractivity contribution in [2.45, 2.75) is 6.92 Å². The highest BCUT2D eigenvalue weighted by Gasteiger charge is 2.21. The van der Waals surface area contributed by atoms with Crippen molar-refractivity contribution in [1.29, 1.82) is 0 Å². The molecule has 0 spiro atoms. The van der Waals surface area contributed by atoms with Crippen LogP contribution in [0.15, 0.2) is 35.0 Å². The Hall–Kier alpha value is -1.20. The van der Waals surface area contributed by atoms with Crippen LogP contribution in [0, 0.1) is 0 Å². The van der Waals surface area contributed by atoms with Crippen molar-refractivity contribution in [1.82, 2.24) is 0 Å². The first kappa shape index (κ1) is 14.2. The Kier molecular flexibility index (Phi) is 4.71. The minimum atomic E-state index is 0.0348. The standard InChI is InChI=1S/C14H16N2OS2/c1-4-18-14-15-12(13(17)19-14)9-10-5-7-11(8-6-10)16(2)3/h5-9H,4H2,1-3H3/b12-9+. The van der Waals surface area contributed by atoms with Gasteiger partial charge in [0.05, 0.1) is 0 Å². The molecule has 0 atom stereocenters. The molecule has 0 unspecified atom stereocenters. The average Bonchev–Trinajstić information content (AvgIpc) is 2.71. The van der Waals surface area contributed by atoms with Crippen molar-refractivity contribution in [2.75, 3.05) is 24.7 Å². The van der Waals surface area contributed by atoms with Gasteiger partial charge in [-0.3, -0.25) is 4.79 Å². The van der Waals surface area contributed by atoms with Gasteiger partial charge in [-0.2, -0.15) is 0 Å². The van der Waals surface area contributed by atoms with Crippen molar-refractivity contribution in [3.63, 3.8) is 0 Å². The maximum atomic E-state index is 11.8. The van der Waals surface area contributed by atoms with Gasteiger partial charge < -0.3 is 4.90 Å². The van der Waals surface area contributed by atoms with Crippen molar-refractivity contribution in [2.24, 2.45) is 4.99 Å². The summed E-state index contributed by atoms with van der Waals surface area (Å²) in [5.41, 5.74) is 2.68. The number of rotatable bonds is 3. The van der Waals surface area contributed by atoms with Gasteiger partial charge in [-0.15, -0.1) is 0 Å². The van der Waals surface area contributed by atoms with Gasteiger partial charge in [-0.1, -0.05) is 30.8 Å². The Bertz CT molecular complexity index is 533. The first-order valence-corrected chi connectivity index (χ1v) is 7.83. The highest BCUT2D eigenvalue weighted by Crippen LogP contribution is 2.30. The van der Waals surface area contributed by atoms with E-state index in [-0.39, 0.29) is 5.12 Å². The van der Waals surface area contributed by atoms with E-state index in [1.54, 1.807) is 11.8 Å². The van der Waals surface area contributed by atoms with Crippen LogP contribution in [-0.4, -0.2) is 29.3 Å². The Morgan fingerprint density at radius 2 is 2.00 bits per heavy atom. The molecule has 0 aliphatic carbocycles. The third-order valence-electron chi connectivity index (χ3n) is 2.58. The highest BCUT2D eigenvalue weighted by atomic mass is 32.2. The van der Waals surface area contributed by atoms with E-state index in [1.165, 1.54) is 11.8 Å². The SMILES string of the molecule is CCSC1=N/C(=C/c2ccc(N(C)C)cc2)C(=O)S1. The predicted molar refractivity (Wildman–Crippen MR) is 86.9 cm³/mol. The zero-order valence-corrected chi connectivity index (χ0v) is 12.8. The van der Waals surface area contributed by atoms with E-state index < -0.39 is 0 Å². The second kappa shape index (κ2) is 6.30. The summed E-state index contributed by atoms with van der Waals surface area (Å²) in [6, 6.07) is 8.07. The quantitative estimate of drug-likeness (QED) is 0.799. The molecule has 0 saturated heterocycles. The van der Waals surface area contributed by atoms with Gasteiger partial charge in [-0.05, 0) is 41.3 Å². The molecule has 0 N–H and O–H groups in total. The van der Waals surface area contributed by atoms with Gasteiger partial charge >= 0.3 is 0 Å². The van der Waals surface area contributed by atoms with Crippen LogP contribution >= 0.6 is 23.5 Å². The molecule has 1 aromatic carbocycles. The molecule has 3 nitrogen and oxygen atoms in total. The van der Waals surface area contributed by atoms with Gasteiger partial charge in [-0.25, -0.2) is 4.99 Å². The normalized spacial score (nSPS) is 16.9. The zero-order chi connectivity index (χ0) is 13.8. The summed E-state index contributed by atoms with van der Waals surface area (Å²) in [7, 11) is 4.01. The Labute approximate surface area is 122 Å². The molecule has 1 heterocycles. The third kappa shape index (κ3) is 3.64. The number of hydrogen-bond donors (Lipinski definition) is 0. The van der Waals surface area contributed by atoms with E-state index in [0.717, 1.165) is 21.4 Å². The molecule has 1 aromatic rings. The maximum absolute atomic E-state index is 11.8. The summed E-state index contributed by atoms with van der Waals surface area (Å²) in [6.45, 7) is 2.06. The number of anilines is 1. The number of hydrogen-bond acceptors (Lipinski definition) is 5. The Morgan fingerprint density at radius 3 is 2.58 bits per heavy atom. The van der Waals surface area contributed by atoms with Gasteiger partial charge in [0, 0.05) is 19.8 Å². The summed E-state index contributed by atoms with van der Waals surface area (Å²) in [6.07, 6.45) is 1.85. The lowest BCUT2D eigenvalue weighted by molar-refractivity contribution is -0.107. The lowest BCUT2D eigenvalue weighted by atomic mass is 10.1. The lowest BCUT2D eigenvalue weighted by Crippen LogP contribution is -2.07. The molecule has 2 rings (SSSR count). The van der Waals surface area contributed by atoms with Crippen LogP contribution in [0.3, 0.4) is 0 Å². The second-order valence-electron chi connectivity index (χ2n) is 4.22. The molecule has 19 heavy (non-hydrogen) atoms. The van der Waals surface area contributed by atoms with E-state index in [4.69, 9.17) is 0 Å². The van der Waals surface area contributed by atoms with Crippen molar-refractivity contribution in [3.8, 4) is 0 Å². The van der Waals surface area contributed by atoms with Crippen LogP contribution < -0.4 is 4.90 Å². The number of benzene rings is 1. The number of carbonyl (C=O) groups is 1. The van der Waals surface area contributed by atoms with Gasteiger partial charge in [0.15, 0.2) is 0 Å². The lowest BCUT2D eigenvalue weighted by Gasteiger charge is -2.11. The second-order valence-corrected chi connectivity index (χ2v) is 6.69. The van der Waals surface area contributed by atoms with Crippen molar-refractivity contribution in [3.05, 3.63) is 35.5 Å². The van der Waals surface area contributed by atoms with Crippen molar-refractivity contribution >= 4 is 44.8 Å². The molecular weight excluding hydrogens is 276 g/mol. The summed E-state index contributed by atoms with van der Waals surface area (Å²) >= 11 is 2.83. The third-order valence-corrected chi connectivity index (χ3v) is 4.47. The molecule has 1 aliphatic heterocycles. The van der Waals surface area contributed by atoms with E-state index in [9.17, 15) is 4.79 Å². The van der Waals surface area contributed by atoms with Crippen LogP contribution in [0.2, 0.25) is 0 Å². The van der Waals surface area contributed by atoms with Crippen LogP contribution in [0.1, 0.15) is 12.5 Å². The first-order chi connectivity index (χ1) is 9.10. The largest absolute Gasteiger partial charge is 0.378 e. The van der Waals surface area contributed by atoms with Gasteiger partial charge in [0.1, 0.15) is 10.1 Å². The average molecular weight is 292 g/mol. The zero-order valence-electron chi connectivity index (χ0n) is 11.2. The Balaban J connectivity index is 2.19. The molecule has 0 radical (unpaired) electrons. The minimum Gasteiger partial charge on any atom is -0.378 e. The van der Waals surface area contributed by atoms with Crippen LogP contribution in [0.4, 0.5) is 5.69 Å². The molecule has 5 heteroatoms. The van der Waals surface area contributed by atoms with E-state index in [0.29, 0.717) is 5.70 Å². The Morgan fingerprint density at radius 1 is 1.32 bits per heavy atom. The number of thioether (sulfide) groups is 2. The molecular formula is C14H16N2OS2. The highest BCUT2D eigenvalue weighted by molar-refractivity contribution is 8.45. The topological polar surface area (TPSA) is 32.7 Å². The van der Waals surface area contributed by atoms with Gasteiger partial charge in [0.2, 0.25) is 5.12 Å². The first-order valence-electron chi connectivity index (χ1n) is 6.03. The molecule has 0 fully saturated rings. The van der Waals surface area contributed by atoms with Gasteiger partial charge in [0.25, 0.3) is 0 Å². The summed E-state index contributed by atoms with van der Waals surface area (Å²) < 4.78 is 0.851. The van der Waals surface area contributed by atoms with E-state index in [2.05, 4.69) is 11.9 Å². The molecule has 0 aromatic heterocycles. The number of nitrogens with zero attached hydrogens (tertiary/aromatic N) is 2. The molecule has 100 valence electrons. The van der Waals surface area contributed by atoms with Crippen LogP contribution in [0.25, 0.3) is 6.08 Å². The van der Waals surface area contributed by atoms with Crippen LogP contribution in [-0.2, 0) is 4.79 Å². The van der Waals surface area contributed by atoms with Crippen LogP contribution in [0.5, 0.6) is 0 Å². The molecule has 0 saturated carbocycles. The fourth-order valence-electron chi connectivity index (χ4n) is 1.60. The number of carbonyl (C=O) groups excluding carboxylic acids is 1.